The molecule has 1 atom stereocenters. The first-order valence-corrected chi connectivity index (χ1v) is 11.6. The number of imidazole rings is 1. The van der Waals surface area contributed by atoms with Crippen LogP contribution in [0, 0.1) is 0 Å². The molecule has 1 aliphatic heterocycles. The molecule has 0 aliphatic carbocycles. The van der Waals surface area contributed by atoms with Gasteiger partial charge >= 0.3 is 15.5 Å². The lowest BCUT2D eigenvalue weighted by Gasteiger charge is -2.34. The van der Waals surface area contributed by atoms with Gasteiger partial charge in [-0.1, -0.05) is 48.5 Å². The molecule has 1 N–H and O–H groups in total. The molecule has 32 heavy (non-hydrogen) atoms. The van der Waals surface area contributed by atoms with E-state index in [1.807, 2.05) is 41.3 Å². The fourth-order valence-electron chi connectivity index (χ4n) is 4.03. The van der Waals surface area contributed by atoms with Crippen molar-refractivity contribution in [2.24, 2.45) is 0 Å². The van der Waals surface area contributed by atoms with Gasteiger partial charge in [0.25, 0.3) is 0 Å². The second-order valence-electron chi connectivity index (χ2n) is 7.75. The number of H-pyrrole nitrogens is 1. The maximum Gasteiger partial charge on any atom is 0.511 e. The average Bonchev–Trinajstić information content (AvgIpc) is 3.22. The number of halogens is 3. The summed E-state index contributed by atoms with van der Waals surface area (Å²) >= 11 is 0. The Morgan fingerprint density at radius 1 is 1.06 bits per heavy atom. The van der Waals surface area contributed by atoms with E-state index in [0.717, 1.165) is 16.9 Å². The van der Waals surface area contributed by atoms with E-state index in [2.05, 4.69) is 9.97 Å². The highest BCUT2D eigenvalue weighted by Crippen LogP contribution is 2.35. The molecule has 10 heteroatoms. The average molecular weight is 465 g/mol. The van der Waals surface area contributed by atoms with E-state index < -0.39 is 21.6 Å². The van der Waals surface area contributed by atoms with E-state index in [0.29, 0.717) is 29.3 Å². The molecule has 3 aromatic rings. The largest absolute Gasteiger partial charge is 0.511 e. The zero-order valence-corrected chi connectivity index (χ0v) is 18.0. The topological polar surface area (TPSA) is 69.3 Å². The fourth-order valence-corrected chi connectivity index (χ4v) is 5.00. The number of aromatic amines is 1. The van der Waals surface area contributed by atoms with E-state index >= 15 is 0 Å². The highest BCUT2D eigenvalue weighted by molar-refractivity contribution is 7.89. The molecule has 4 rings (SSSR count). The summed E-state index contributed by atoms with van der Waals surface area (Å²) in [6.45, 7) is -0.229. The van der Waals surface area contributed by atoms with Crippen LogP contribution in [-0.2, 0) is 29.5 Å². The molecule has 0 radical (unpaired) electrons. The van der Waals surface area contributed by atoms with Crippen molar-refractivity contribution in [3.63, 3.8) is 0 Å². The van der Waals surface area contributed by atoms with Crippen LogP contribution in [0.3, 0.4) is 0 Å². The number of nitrogens with zero attached hydrogens (tertiary/aromatic N) is 3. The highest BCUT2D eigenvalue weighted by atomic mass is 32.2. The number of sulfonamides is 1. The van der Waals surface area contributed by atoms with Crippen LogP contribution >= 0.6 is 0 Å². The Morgan fingerprint density at radius 2 is 1.78 bits per heavy atom. The molecule has 2 aromatic carbocycles. The normalized spacial score (nSPS) is 17.7. The first kappa shape index (κ1) is 22.3. The predicted molar refractivity (Wildman–Crippen MR) is 115 cm³/mol. The number of benzene rings is 2. The van der Waals surface area contributed by atoms with Crippen molar-refractivity contribution in [1.29, 1.82) is 0 Å². The lowest BCUT2D eigenvalue weighted by atomic mass is 10.0. The summed E-state index contributed by atoms with van der Waals surface area (Å²) in [6.07, 6.45) is 4.29. The number of alkyl halides is 3. The monoisotopic (exact) mass is 464 g/mol. The van der Waals surface area contributed by atoms with Gasteiger partial charge in [-0.05, 0) is 30.0 Å². The minimum absolute atomic E-state index is 0.266. The molecule has 0 spiro atoms. The smallest absolute Gasteiger partial charge is 0.361 e. The Kier molecular flexibility index (Phi) is 6.25. The van der Waals surface area contributed by atoms with Crippen LogP contribution in [0.15, 0.2) is 67.1 Å². The van der Waals surface area contributed by atoms with Crippen molar-refractivity contribution in [3.8, 4) is 0 Å². The van der Waals surface area contributed by atoms with Crippen LogP contribution in [0.1, 0.15) is 23.2 Å². The summed E-state index contributed by atoms with van der Waals surface area (Å²) in [5.74, 6) is 0. The third kappa shape index (κ3) is 4.66. The molecule has 0 bridgehead atoms. The van der Waals surface area contributed by atoms with Gasteiger partial charge in [0, 0.05) is 31.0 Å². The van der Waals surface area contributed by atoms with Gasteiger partial charge in [0.05, 0.1) is 18.6 Å². The molecule has 0 fully saturated rings. The number of hydrogen-bond donors (Lipinski definition) is 1. The van der Waals surface area contributed by atoms with Crippen LogP contribution in [-0.4, -0.2) is 40.8 Å². The lowest BCUT2D eigenvalue weighted by molar-refractivity contribution is -0.0492. The molecule has 0 saturated heterocycles. The van der Waals surface area contributed by atoms with Crippen LogP contribution in [0.4, 0.5) is 18.9 Å². The van der Waals surface area contributed by atoms with Gasteiger partial charge in [-0.15, -0.1) is 0 Å². The summed E-state index contributed by atoms with van der Waals surface area (Å²) in [7, 11) is -5.48. The van der Waals surface area contributed by atoms with E-state index in [-0.39, 0.29) is 13.1 Å². The molecule has 0 amide bonds. The third-order valence-electron chi connectivity index (χ3n) is 5.64. The first-order chi connectivity index (χ1) is 15.3. The third-order valence-corrected chi connectivity index (χ3v) is 7.18. The number of para-hydroxylation sites is 1. The highest BCUT2D eigenvalue weighted by Gasteiger charge is 2.51. The van der Waals surface area contributed by atoms with Gasteiger partial charge in [0.1, 0.15) is 0 Å². The van der Waals surface area contributed by atoms with Crippen molar-refractivity contribution in [2.45, 2.75) is 37.5 Å². The number of fused-ring (bicyclic) bond motifs is 1. The van der Waals surface area contributed by atoms with Crippen molar-refractivity contribution in [3.05, 3.63) is 83.9 Å². The number of aryl methyl sites for hydroxylation is 1. The van der Waals surface area contributed by atoms with Crippen LogP contribution in [0.5, 0.6) is 0 Å². The van der Waals surface area contributed by atoms with Crippen molar-refractivity contribution < 1.29 is 21.6 Å². The summed E-state index contributed by atoms with van der Waals surface area (Å²) in [6, 6.07) is 16.1. The van der Waals surface area contributed by atoms with E-state index in [4.69, 9.17) is 0 Å². The van der Waals surface area contributed by atoms with E-state index in [9.17, 15) is 21.6 Å². The number of anilines is 1. The number of aromatic nitrogens is 2. The second-order valence-corrected chi connectivity index (χ2v) is 9.68. The van der Waals surface area contributed by atoms with Gasteiger partial charge in [0.15, 0.2) is 0 Å². The Bertz CT molecular complexity index is 1140. The summed E-state index contributed by atoms with van der Waals surface area (Å²) < 4.78 is 65.7. The molecule has 0 saturated carbocycles. The van der Waals surface area contributed by atoms with Crippen LogP contribution in [0.25, 0.3) is 0 Å². The summed E-state index contributed by atoms with van der Waals surface area (Å²) in [4.78, 5) is 9.05. The van der Waals surface area contributed by atoms with Crippen molar-refractivity contribution in [1.82, 2.24) is 14.3 Å². The molecule has 170 valence electrons. The predicted octanol–water partition coefficient (Wildman–Crippen LogP) is 4.08. The van der Waals surface area contributed by atoms with Gasteiger partial charge in [-0.3, -0.25) is 0 Å². The molecular formula is C22H23F3N4O2S. The van der Waals surface area contributed by atoms with Gasteiger partial charge in [-0.25, -0.2) is 13.4 Å². The first-order valence-electron chi connectivity index (χ1n) is 10.2. The number of rotatable bonds is 6. The SMILES string of the molecule is O=S(=O)(N1Cc2ccccc2N(Cc2cnc[nH]2)[C@@H](CCc2ccccc2)C1)C(F)(F)F. The Morgan fingerprint density at radius 3 is 2.47 bits per heavy atom. The number of nitrogens with one attached hydrogen (secondary N) is 1. The standard InChI is InChI=1S/C22H23F3N4O2S/c23-22(24,25)32(30,31)28-13-18-8-4-5-9-21(18)29(14-19-12-26-16-27-19)20(15-28)11-10-17-6-2-1-3-7-17/h1-9,12,16,20H,10-11,13-15H2,(H,26,27)/t20-/m0/s1. The quantitative estimate of drug-likeness (QED) is 0.597. The zero-order chi connectivity index (χ0) is 22.8. The molecule has 2 heterocycles. The van der Waals surface area contributed by atoms with Gasteiger partial charge in [0.2, 0.25) is 0 Å². The summed E-state index contributed by atoms with van der Waals surface area (Å²) in [5.41, 5.74) is -2.28. The van der Waals surface area contributed by atoms with Crippen molar-refractivity contribution in [2.75, 3.05) is 11.4 Å². The molecule has 0 unspecified atom stereocenters. The second kappa shape index (κ2) is 8.95. The Labute approximate surface area is 184 Å². The van der Waals surface area contributed by atoms with Gasteiger partial charge < -0.3 is 9.88 Å². The van der Waals surface area contributed by atoms with Crippen molar-refractivity contribution >= 4 is 15.7 Å². The summed E-state index contributed by atoms with van der Waals surface area (Å²) in [5, 5.41) is 0. The van der Waals surface area contributed by atoms with Gasteiger partial charge in [-0.2, -0.15) is 17.5 Å². The number of hydrogen-bond acceptors (Lipinski definition) is 4. The van der Waals surface area contributed by atoms with Crippen LogP contribution in [0.2, 0.25) is 0 Å². The minimum atomic E-state index is -5.48. The zero-order valence-electron chi connectivity index (χ0n) is 17.2. The molecule has 6 nitrogen and oxygen atoms in total. The lowest BCUT2D eigenvalue weighted by Crippen LogP contribution is -2.47. The fraction of sp³-hybridized carbons (Fsp3) is 0.318. The Balaban J connectivity index is 1.73. The molecule has 1 aromatic heterocycles. The van der Waals surface area contributed by atoms with E-state index in [1.54, 1.807) is 30.7 Å². The maximum atomic E-state index is 13.5. The molecule has 1 aliphatic rings. The molecular weight excluding hydrogens is 441 g/mol. The minimum Gasteiger partial charge on any atom is -0.361 e. The Hall–Kier alpha value is -2.85. The maximum absolute atomic E-state index is 13.5. The van der Waals surface area contributed by atoms with Crippen LogP contribution < -0.4 is 4.90 Å². The van der Waals surface area contributed by atoms with E-state index in [1.165, 1.54) is 0 Å².